The second-order valence-electron chi connectivity index (χ2n) is 5.14. The highest BCUT2D eigenvalue weighted by Gasteiger charge is 2.21. The van der Waals surface area contributed by atoms with Crippen LogP contribution in [0.3, 0.4) is 0 Å². The predicted molar refractivity (Wildman–Crippen MR) is 85.0 cm³/mol. The van der Waals surface area contributed by atoms with Crippen molar-refractivity contribution in [1.82, 2.24) is 15.1 Å². The minimum absolute atomic E-state index is 0.194. The predicted octanol–water partition coefficient (Wildman–Crippen LogP) is 3.69. The molecule has 2 aromatic heterocycles. The van der Waals surface area contributed by atoms with Crippen molar-refractivity contribution in [3.05, 3.63) is 37.8 Å². The summed E-state index contributed by atoms with van der Waals surface area (Å²) >= 11 is 13.4. The maximum Gasteiger partial charge on any atom is 0.222 e. The molecule has 0 saturated carbocycles. The Morgan fingerprint density at radius 1 is 1.48 bits per heavy atom. The standard InChI is InChI=1S/C14H15Cl2N3OS/c15-12-6-9(14(16)21-12)2-1-3-13(20)19-5-4-11-10(8-19)7-17-18-11/h6-7H,1-5,8H2,(H,17,18). The zero-order valence-electron chi connectivity index (χ0n) is 11.4. The average molecular weight is 344 g/mol. The molecule has 0 atom stereocenters. The fraction of sp³-hybridized carbons (Fsp3) is 0.429. The van der Waals surface area contributed by atoms with Gasteiger partial charge in [0.15, 0.2) is 0 Å². The SMILES string of the molecule is O=C(CCCc1cc(Cl)sc1Cl)N1CCc2[nH]ncc2C1. The molecule has 112 valence electrons. The second-order valence-corrected chi connectivity index (χ2v) is 7.43. The smallest absolute Gasteiger partial charge is 0.222 e. The molecule has 1 N–H and O–H groups in total. The molecule has 1 aliphatic rings. The topological polar surface area (TPSA) is 49.0 Å². The minimum Gasteiger partial charge on any atom is -0.338 e. The largest absolute Gasteiger partial charge is 0.338 e. The number of H-pyrrole nitrogens is 1. The summed E-state index contributed by atoms with van der Waals surface area (Å²) in [5.74, 6) is 0.194. The van der Waals surface area contributed by atoms with Crippen LogP contribution in [0, 0.1) is 0 Å². The summed E-state index contributed by atoms with van der Waals surface area (Å²) in [6.45, 7) is 1.43. The number of thiophene rings is 1. The van der Waals surface area contributed by atoms with Gasteiger partial charge < -0.3 is 4.90 Å². The monoisotopic (exact) mass is 343 g/mol. The van der Waals surface area contributed by atoms with Crippen molar-refractivity contribution in [1.29, 1.82) is 0 Å². The van der Waals surface area contributed by atoms with Crippen LogP contribution in [0.2, 0.25) is 8.67 Å². The number of aryl methyl sites for hydroxylation is 1. The van der Waals surface area contributed by atoms with Crippen molar-refractivity contribution in [3.63, 3.8) is 0 Å². The molecular formula is C14H15Cl2N3OS. The van der Waals surface area contributed by atoms with Crippen LogP contribution in [0.25, 0.3) is 0 Å². The number of nitrogens with zero attached hydrogens (tertiary/aromatic N) is 2. The van der Waals surface area contributed by atoms with Gasteiger partial charge in [0, 0.05) is 37.2 Å². The summed E-state index contributed by atoms with van der Waals surface area (Å²) in [6.07, 6.45) is 4.78. The summed E-state index contributed by atoms with van der Waals surface area (Å²) in [5.41, 5.74) is 3.32. The zero-order valence-corrected chi connectivity index (χ0v) is 13.7. The first-order valence-electron chi connectivity index (χ1n) is 6.86. The van der Waals surface area contributed by atoms with Gasteiger partial charge in [0.1, 0.15) is 0 Å². The van der Waals surface area contributed by atoms with Gasteiger partial charge in [-0.2, -0.15) is 5.10 Å². The van der Waals surface area contributed by atoms with E-state index in [2.05, 4.69) is 10.2 Å². The van der Waals surface area contributed by atoms with Crippen molar-refractivity contribution >= 4 is 40.4 Å². The Kier molecular flexibility index (Phi) is 4.52. The highest BCUT2D eigenvalue weighted by molar-refractivity contribution is 7.20. The van der Waals surface area contributed by atoms with Gasteiger partial charge in [-0.05, 0) is 24.5 Å². The third-order valence-corrected chi connectivity index (χ3v) is 5.29. The molecule has 0 saturated heterocycles. The molecule has 0 unspecified atom stereocenters. The van der Waals surface area contributed by atoms with Crippen LogP contribution in [-0.4, -0.2) is 27.5 Å². The Morgan fingerprint density at radius 2 is 2.33 bits per heavy atom. The van der Waals surface area contributed by atoms with E-state index in [1.54, 1.807) is 0 Å². The molecule has 0 spiro atoms. The summed E-state index contributed by atoms with van der Waals surface area (Å²) < 4.78 is 1.43. The van der Waals surface area contributed by atoms with Crippen LogP contribution < -0.4 is 0 Å². The normalized spacial score (nSPS) is 14.3. The van der Waals surface area contributed by atoms with E-state index in [0.29, 0.717) is 17.3 Å². The highest BCUT2D eigenvalue weighted by atomic mass is 35.5. The zero-order chi connectivity index (χ0) is 14.8. The lowest BCUT2D eigenvalue weighted by molar-refractivity contribution is -0.132. The van der Waals surface area contributed by atoms with E-state index in [0.717, 1.165) is 47.0 Å². The Bertz CT molecular complexity index is 652. The average Bonchev–Trinajstić information content (AvgIpc) is 3.04. The summed E-state index contributed by atoms with van der Waals surface area (Å²) in [6, 6.07) is 1.89. The van der Waals surface area contributed by atoms with E-state index in [-0.39, 0.29) is 5.91 Å². The lowest BCUT2D eigenvalue weighted by atomic mass is 10.1. The third kappa shape index (κ3) is 3.42. The van der Waals surface area contributed by atoms with Crippen molar-refractivity contribution in [2.75, 3.05) is 6.54 Å². The molecule has 4 nitrogen and oxygen atoms in total. The first-order valence-corrected chi connectivity index (χ1v) is 8.43. The first kappa shape index (κ1) is 14.9. The highest BCUT2D eigenvalue weighted by Crippen LogP contribution is 2.32. The number of hydrogen-bond donors (Lipinski definition) is 1. The Morgan fingerprint density at radius 3 is 3.10 bits per heavy atom. The number of carbonyl (C=O) groups excluding carboxylic acids is 1. The van der Waals surface area contributed by atoms with Gasteiger partial charge >= 0.3 is 0 Å². The molecule has 3 heterocycles. The molecule has 2 aromatic rings. The van der Waals surface area contributed by atoms with Crippen LogP contribution in [0.4, 0.5) is 0 Å². The van der Waals surface area contributed by atoms with Crippen molar-refractivity contribution < 1.29 is 4.79 Å². The third-order valence-electron chi connectivity index (χ3n) is 3.72. The van der Waals surface area contributed by atoms with Gasteiger partial charge in [0.25, 0.3) is 0 Å². The molecule has 0 fully saturated rings. The maximum absolute atomic E-state index is 12.2. The number of rotatable bonds is 4. The summed E-state index contributed by atoms with van der Waals surface area (Å²) in [4.78, 5) is 14.2. The number of fused-ring (bicyclic) bond motifs is 1. The van der Waals surface area contributed by atoms with Gasteiger partial charge in [0.2, 0.25) is 5.91 Å². The number of carbonyl (C=O) groups is 1. The van der Waals surface area contributed by atoms with Crippen molar-refractivity contribution in [2.45, 2.75) is 32.2 Å². The van der Waals surface area contributed by atoms with Crippen LogP contribution in [0.15, 0.2) is 12.3 Å². The van der Waals surface area contributed by atoms with Gasteiger partial charge in [-0.1, -0.05) is 23.2 Å². The number of amides is 1. The molecule has 0 aliphatic carbocycles. The summed E-state index contributed by atoms with van der Waals surface area (Å²) in [5, 5.41) is 7.00. The van der Waals surface area contributed by atoms with E-state index < -0.39 is 0 Å². The van der Waals surface area contributed by atoms with E-state index in [1.165, 1.54) is 11.3 Å². The molecule has 1 aliphatic heterocycles. The van der Waals surface area contributed by atoms with Crippen LogP contribution in [-0.2, 0) is 24.2 Å². The van der Waals surface area contributed by atoms with Gasteiger partial charge in [0.05, 0.1) is 14.9 Å². The van der Waals surface area contributed by atoms with Crippen molar-refractivity contribution in [3.8, 4) is 0 Å². The van der Waals surface area contributed by atoms with E-state index in [4.69, 9.17) is 23.2 Å². The molecule has 0 aromatic carbocycles. The minimum atomic E-state index is 0.194. The van der Waals surface area contributed by atoms with E-state index in [1.807, 2.05) is 17.2 Å². The number of aromatic amines is 1. The van der Waals surface area contributed by atoms with Gasteiger partial charge in [-0.25, -0.2) is 0 Å². The number of hydrogen-bond acceptors (Lipinski definition) is 3. The fourth-order valence-corrected chi connectivity index (χ4v) is 4.11. The second kappa shape index (κ2) is 6.38. The lowest BCUT2D eigenvalue weighted by Crippen LogP contribution is -2.35. The number of halogens is 2. The molecule has 1 amide bonds. The first-order chi connectivity index (χ1) is 10.1. The van der Waals surface area contributed by atoms with Crippen LogP contribution >= 0.6 is 34.5 Å². The number of aromatic nitrogens is 2. The van der Waals surface area contributed by atoms with Crippen LogP contribution in [0.5, 0.6) is 0 Å². The van der Waals surface area contributed by atoms with Crippen molar-refractivity contribution in [2.24, 2.45) is 0 Å². The van der Waals surface area contributed by atoms with Gasteiger partial charge in [-0.15, -0.1) is 11.3 Å². The Hall–Kier alpha value is -1.04. The Balaban J connectivity index is 1.50. The molecule has 3 rings (SSSR count). The molecule has 0 radical (unpaired) electrons. The van der Waals surface area contributed by atoms with Crippen LogP contribution in [0.1, 0.15) is 29.7 Å². The molecule has 7 heteroatoms. The van der Waals surface area contributed by atoms with E-state index in [9.17, 15) is 4.79 Å². The molecule has 21 heavy (non-hydrogen) atoms. The fourth-order valence-electron chi connectivity index (χ4n) is 2.57. The Labute approximate surface area is 137 Å². The molecule has 0 bridgehead atoms. The van der Waals surface area contributed by atoms with E-state index >= 15 is 0 Å². The maximum atomic E-state index is 12.2. The van der Waals surface area contributed by atoms with Gasteiger partial charge in [-0.3, -0.25) is 9.89 Å². The molecular weight excluding hydrogens is 329 g/mol. The quantitative estimate of drug-likeness (QED) is 0.920. The number of nitrogens with one attached hydrogen (secondary N) is 1. The lowest BCUT2D eigenvalue weighted by Gasteiger charge is -2.26. The summed E-state index contributed by atoms with van der Waals surface area (Å²) in [7, 11) is 0.